The molecular formula is C13H17IO6. The topological polar surface area (TPSA) is 78.9 Å². The van der Waals surface area contributed by atoms with Crippen LogP contribution in [0.15, 0.2) is 22.3 Å². The molecule has 20 heavy (non-hydrogen) atoms. The van der Waals surface area contributed by atoms with E-state index in [1.807, 2.05) is 22.6 Å². The largest absolute Gasteiger partial charge is 0.468 e. The van der Waals surface area contributed by atoms with Gasteiger partial charge in [0.25, 0.3) is 0 Å². The lowest BCUT2D eigenvalue weighted by atomic mass is 9.81. The zero-order valence-electron chi connectivity index (χ0n) is 11.6. The van der Waals surface area contributed by atoms with Gasteiger partial charge in [-0.25, -0.2) is 4.79 Å². The predicted octanol–water partition coefficient (Wildman–Crippen LogP) is 1.78. The van der Waals surface area contributed by atoms with Gasteiger partial charge in [-0.3, -0.25) is 9.59 Å². The Kier molecular flexibility index (Phi) is 8.86. The van der Waals surface area contributed by atoms with E-state index in [0.29, 0.717) is 0 Å². The third-order valence-corrected chi connectivity index (χ3v) is 3.14. The molecule has 112 valence electrons. The molecule has 0 aliphatic heterocycles. The van der Waals surface area contributed by atoms with Crippen molar-refractivity contribution in [3.05, 3.63) is 22.3 Å². The van der Waals surface area contributed by atoms with E-state index in [9.17, 15) is 14.4 Å². The number of halogens is 1. The second-order valence-corrected chi connectivity index (χ2v) is 4.48. The number of hydrogen-bond donors (Lipinski definition) is 0. The summed E-state index contributed by atoms with van der Waals surface area (Å²) in [6.07, 6.45) is 4.28. The molecule has 0 bridgehead atoms. The van der Waals surface area contributed by atoms with Crippen molar-refractivity contribution in [1.82, 2.24) is 0 Å². The molecule has 0 aliphatic rings. The smallest absolute Gasteiger partial charge is 0.330 e. The molecule has 0 saturated carbocycles. The average Bonchev–Trinajstić information content (AvgIpc) is 2.48. The lowest BCUT2D eigenvalue weighted by molar-refractivity contribution is -0.168. The molecule has 0 rings (SSSR count). The lowest BCUT2D eigenvalue weighted by Gasteiger charge is -2.25. The van der Waals surface area contributed by atoms with Crippen molar-refractivity contribution in [2.45, 2.75) is 12.8 Å². The van der Waals surface area contributed by atoms with Crippen LogP contribution in [0.3, 0.4) is 0 Å². The fraction of sp³-hybridized carbons (Fsp3) is 0.462. The summed E-state index contributed by atoms with van der Waals surface area (Å²) in [6.45, 7) is 0. The molecule has 6 nitrogen and oxygen atoms in total. The molecule has 0 amide bonds. The summed E-state index contributed by atoms with van der Waals surface area (Å²) in [5, 5.41) is 0. The molecule has 0 saturated heterocycles. The van der Waals surface area contributed by atoms with Gasteiger partial charge < -0.3 is 14.2 Å². The molecule has 0 N–H and O–H groups in total. The number of methoxy groups -OCH3 is 3. The molecular weight excluding hydrogens is 379 g/mol. The van der Waals surface area contributed by atoms with E-state index >= 15 is 0 Å². The first-order valence-corrected chi connectivity index (χ1v) is 6.89. The Balaban J connectivity index is 5.37. The second-order valence-electron chi connectivity index (χ2n) is 3.76. The molecule has 0 aromatic carbocycles. The number of esters is 3. The Morgan fingerprint density at radius 1 is 0.950 bits per heavy atom. The Morgan fingerprint density at radius 3 is 1.85 bits per heavy atom. The minimum atomic E-state index is -1.50. The standard InChI is InChI=1S/C13H17IO6/c1-18-10(15)6-4-7-13(8-5-9-14,11(16)19-2)12(17)20-3/h4-6,9H,7-8H2,1-3H3/b6-4+,9-5+. The third-order valence-electron chi connectivity index (χ3n) is 2.63. The van der Waals surface area contributed by atoms with E-state index in [-0.39, 0.29) is 12.8 Å². The number of carbonyl (C=O) groups excluding carboxylic acids is 3. The van der Waals surface area contributed by atoms with E-state index < -0.39 is 23.3 Å². The summed E-state index contributed by atoms with van der Waals surface area (Å²) in [5.74, 6) is -2.00. The maximum absolute atomic E-state index is 12.0. The van der Waals surface area contributed by atoms with Gasteiger partial charge in [0.15, 0.2) is 5.41 Å². The van der Waals surface area contributed by atoms with Gasteiger partial charge in [-0.15, -0.1) is 0 Å². The average molecular weight is 396 g/mol. The molecule has 0 spiro atoms. The van der Waals surface area contributed by atoms with Crippen LogP contribution in [0, 0.1) is 5.41 Å². The molecule has 0 heterocycles. The first-order valence-electron chi connectivity index (χ1n) is 5.65. The summed E-state index contributed by atoms with van der Waals surface area (Å²) < 4.78 is 15.5. The molecule has 0 aliphatic carbocycles. The molecule has 0 aromatic heterocycles. The zero-order valence-corrected chi connectivity index (χ0v) is 13.7. The Hall–Kier alpha value is -1.38. The van der Waals surface area contributed by atoms with E-state index in [4.69, 9.17) is 9.47 Å². The van der Waals surface area contributed by atoms with Gasteiger partial charge in [-0.05, 0) is 16.9 Å². The highest BCUT2D eigenvalue weighted by molar-refractivity contribution is 14.1. The van der Waals surface area contributed by atoms with Gasteiger partial charge in [-0.1, -0.05) is 34.7 Å². The zero-order chi connectivity index (χ0) is 15.6. The van der Waals surface area contributed by atoms with Crippen LogP contribution >= 0.6 is 22.6 Å². The monoisotopic (exact) mass is 396 g/mol. The summed E-state index contributed by atoms with van der Waals surface area (Å²) in [4.78, 5) is 35.0. The van der Waals surface area contributed by atoms with Crippen molar-refractivity contribution in [2.75, 3.05) is 21.3 Å². The highest BCUT2D eigenvalue weighted by Gasteiger charge is 2.46. The van der Waals surface area contributed by atoms with Crippen LogP contribution in [0.1, 0.15) is 12.8 Å². The van der Waals surface area contributed by atoms with Crippen LogP contribution < -0.4 is 0 Å². The maximum Gasteiger partial charge on any atom is 0.330 e. The molecule has 0 radical (unpaired) electrons. The van der Waals surface area contributed by atoms with Gasteiger partial charge in [0, 0.05) is 6.08 Å². The van der Waals surface area contributed by atoms with Crippen molar-refractivity contribution in [3.8, 4) is 0 Å². The molecule has 0 aromatic rings. The summed E-state index contributed by atoms with van der Waals surface area (Å²) in [6, 6.07) is 0. The first-order chi connectivity index (χ1) is 9.48. The fourth-order valence-corrected chi connectivity index (χ4v) is 1.82. The van der Waals surface area contributed by atoms with Gasteiger partial charge in [0.05, 0.1) is 21.3 Å². The van der Waals surface area contributed by atoms with Crippen molar-refractivity contribution >= 4 is 40.5 Å². The molecule has 0 atom stereocenters. The quantitative estimate of drug-likeness (QED) is 0.215. The molecule has 0 fully saturated rings. The first kappa shape index (κ1) is 18.6. The maximum atomic E-state index is 12.0. The van der Waals surface area contributed by atoms with Crippen LogP contribution in [-0.4, -0.2) is 39.2 Å². The Morgan fingerprint density at radius 2 is 1.45 bits per heavy atom. The second kappa shape index (κ2) is 9.51. The Bertz CT molecular complexity index is 397. The van der Waals surface area contributed by atoms with E-state index in [2.05, 4.69) is 4.74 Å². The SMILES string of the molecule is COC(=O)/C=C/CC(C/C=C/I)(C(=O)OC)C(=O)OC. The van der Waals surface area contributed by atoms with Crippen LogP contribution in [0.4, 0.5) is 0 Å². The number of hydrogen-bond acceptors (Lipinski definition) is 6. The normalized spacial score (nSPS) is 11.6. The third kappa shape index (κ3) is 4.95. The molecule has 0 unspecified atom stereocenters. The Labute approximate surface area is 131 Å². The van der Waals surface area contributed by atoms with Crippen molar-refractivity contribution in [2.24, 2.45) is 5.41 Å². The van der Waals surface area contributed by atoms with Crippen LogP contribution in [0.2, 0.25) is 0 Å². The number of ether oxygens (including phenoxy) is 3. The lowest BCUT2D eigenvalue weighted by Crippen LogP contribution is -2.40. The predicted molar refractivity (Wildman–Crippen MR) is 80.0 cm³/mol. The summed E-state index contributed by atoms with van der Waals surface area (Å²) in [5.41, 5.74) is -1.50. The summed E-state index contributed by atoms with van der Waals surface area (Å²) >= 11 is 1.98. The molecule has 7 heteroatoms. The minimum Gasteiger partial charge on any atom is -0.468 e. The van der Waals surface area contributed by atoms with Crippen LogP contribution in [0.25, 0.3) is 0 Å². The van der Waals surface area contributed by atoms with Gasteiger partial charge in [0.1, 0.15) is 0 Å². The highest BCUT2D eigenvalue weighted by atomic mass is 127. The van der Waals surface area contributed by atoms with E-state index in [0.717, 1.165) is 6.08 Å². The van der Waals surface area contributed by atoms with E-state index in [1.165, 1.54) is 27.4 Å². The van der Waals surface area contributed by atoms with Crippen molar-refractivity contribution in [3.63, 3.8) is 0 Å². The van der Waals surface area contributed by atoms with Crippen molar-refractivity contribution < 1.29 is 28.6 Å². The fourth-order valence-electron chi connectivity index (χ4n) is 1.56. The summed E-state index contributed by atoms with van der Waals surface area (Å²) in [7, 11) is 3.62. The number of allylic oxidation sites excluding steroid dienone is 2. The van der Waals surface area contributed by atoms with Crippen molar-refractivity contribution in [1.29, 1.82) is 0 Å². The van der Waals surface area contributed by atoms with Crippen LogP contribution in [0.5, 0.6) is 0 Å². The van der Waals surface area contributed by atoms with Gasteiger partial charge in [-0.2, -0.15) is 0 Å². The van der Waals surface area contributed by atoms with Crippen LogP contribution in [-0.2, 0) is 28.6 Å². The number of rotatable bonds is 7. The number of carbonyl (C=O) groups is 3. The van der Waals surface area contributed by atoms with E-state index in [1.54, 1.807) is 10.2 Å². The minimum absolute atomic E-state index is 0.0254. The highest BCUT2D eigenvalue weighted by Crippen LogP contribution is 2.31. The van der Waals surface area contributed by atoms with Gasteiger partial charge in [0.2, 0.25) is 0 Å². The van der Waals surface area contributed by atoms with Gasteiger partial charge >= 0.3 is 17.9 Å².